The quantitative estimate of drug-likeness (QED) is 0.870. The van der Waals surface area contributed by atoms with E-state index in [0.29, 0.717) is 0 Å². The maximum Gasteiger partial charge on any atom is 0.246 e. The number of fused-ring (bicyclic) bond motifs is 1. The van der Waals surface area contributed by atoms with E-state index < -0.39 is 0 Å². The fraction of sp³-hybridized carbons (Fsp3) is 0.533. The smallest absolute Gasteiger partial charge is 0.246 e. The predicted molar refractivity (Wildman–Crippen MR) is 78.3 cm³/mol. The second kappa shape index (κ2) is 4.94. The molecule has 0 saturated heterocycles. The lowest BCUT2D eigenvalue weighted by molar-refractivity contribution is -0.117. The van der Waals surface area contributed by atoms with E-state index in [-0.39, 0.29) is 17.5 Å². The van der Waals surface area contributed by atoms with Gasteiger partial charge in [-0.05, 0) is 40.9 Å². The van der Waals surface area contributed by atoms with E-state index >= 15 is 0 Å². The van der Waals surface area contributed by atoms with Crippen LogP contribution in [0, 0.1) is 6.92 Å². The molecule has 1 atom stereocenters. The zero-order chi connectivity index (χ0) is 14.2. The Bertz CT molecular complexity index is 494. The lowest BCUT2D eigenvalue weighted by Crippen LogP contribution is -2.48. The molecule has 19 heavy (non-hydrogen) atoms. The summed E-state index contributed by atoms with van der Waals surface area (Å²) in [6.45, 7) is 7.11. The molecule has 1 amide bonds. The predicted octanol–water partition coefficient (Wildman–Crippen LogP) is 1.92. The average Bonchev–Trinajstić information content (AvgIpc) is 2.62. The van der Waals surface area contributed by atoms with Crippen LogP contribution in [0.1, 0.15) is 31.0 Å². The van der Waals surface area contributed by atoms with Crippen molar-refractivity contribution in [2.45, 2.75) is 32.4 Å². The van der Waals surface area contributed by atoms with Crippen molar-refractivity contribution in [2.75, 3.05) is 26.0 Å². The van der Waals surface area contributed by atoms with Crippen LogP contribution < -0.4 is 10.6 Å². The van der Waals surface area contributed by atoms with Gasteiger partial charge in [-0.1, -0.05) is 17.7 Å². The Balaban J connectivity index is 2.14. The van der Waals surface area contributed by atoms with E-state index in [1.807, 2.05) is 19.1 Å². The van der Waals surface area contributed by atoms with Gasteiger partial charge in [-0.15, -0.1) is 0 Å². The van der Waals surface area contributed by atoms with Crippen molar-refractivity contribution in [3.8, 4) is 0 Å². The molecule has 0 fully saturated rings. The van der Waals surface area contributed by atoms with E-state index in [9.17, 15) is 4.79 Å². The molecular weight excluding hydrogens is 238 g/mol. The fourth-order valence-corrected chi connectivity index (χ4v) is 2.09. The Morgan fingerprint density at radius 1 is 1.37 bits per heavy atom. The second-order valence-electron chi connectivity index (χ2n) is 6.10. The van der Waals surface area contributed by atoms with Crippen LogP contribution in [0.4, 0.5) is 5.69 Å². The number of aryl methyl sites for hydroxylation is 1. The SMILES string of the molecule is Cc1ccc2c(c1)C(NCC(C)(C)N(C)C)C(=O)N2. The monoisotopic (exact) mass is 261 g/mol. The summed E-state index contributed by atoms with van der Waals surface area (Å²) in [6, 6.07) is 5.83. The molecule has 104 valence electrons. The molecule has 2 rings (SSSR count). The summed E-state index contributed by atoms with van der Waals surface area (Å²) in [5.41, 5.74) is 3.16. The van der Waals surface area contributed by atoms with Gasteiger partial charge < -0.3 is 15.5 Å². The normalized spacial score (nSPS) is 18.6. The minimum Gasteiger partial charge on any atom is -0.324 e. The van der Waals surface area contributed by atoms with Gasteiger partial charge in [-0.2, -0.15) is 0 Å². The minimum absolute atomic E-state index is 0.00680. The third-order valence-electron chi connectivity index (χ3n) is 3.99. The highest BCUT2D eigenvalue weighted by atomic mass is 16.2. The van der Waals surface area contributed by atoms with Gasteiger partial charge in [0, 0.05) is 23.3 Å². The summed E-state index contributed by atoms with van der Waals surface area (Å²) in [4.78, 5) is 14.2. The molecule has 4 heteroatoms. The summed E-state index contributed by atoms with van der Waals surface area (Å²) >= 11 is 0. The maximum absolute atomic E-state index is 12.0. The van der Waals surface area contributed by atoms with Gasteiger partial charge in [0.05, 0.1) is 0 Å². The van der Waals surface area contributed by atoms with E-state index in [0.717, 1.165) is 17.8 Å². The first-order valence-electron chi connectivity index (χ1n) is 6.63. The summed E-state index contributed by atoms with van der Waals surface area (Å²) < 4.78 is 0. The van der Waals surface area contributed by atoms with Crippen LogP contribution in [0.3, 0.4) is 0 Å². The second-order valence-corrected chi connectivity index (χ2v) is 6.10. The zero-order valence-electron chi connectivity index (χ0n) is 12.4. The van der Waals surface area contributed by atoms with Gasteiger partial charge >= 0.3 is 0 Å². The van der Waals surface area contributed by atoms with Crippen LogP contribution in [0.25, 0.3) is 0 Å². The number of amides is 1. The van der Waals surface area contributed by atoms with Gasteiger partial charge in [-0.25, -0.2) is 0 Å². The Hall–Kier alpha value is -1.39. The highest BCUT2D eigenvalue weighted by molar-refractivity contribution is 6.02. The van der Waals surface area contributed by atoms with Gasteiger partial charge in [-0.3, -0.25) is 4.79 Å². The van der Waals surface area contributed by atoms with Crippen molar-refractivity contribution < 1.29 is 4.79 Å². The molecule has 2 N–H and O–H groups in total. The molecule has 1 aromatic rings. The number of hydrogen-bond acceptors (Lipinski definition) is 3. The molecule has 1 aromatic carbocycles. The molecule has 4 nitrogen and oxygen atoms in total. The van der Waals surface area contributed by atoms with Crippen LogP contribution in [0.15, 0.2) is 18.2 Å². The number of benzene rings is 1. The van der Waals surface area contributed by atoms with Crippen LogP contribution in [0.5, 0.6) is 0 Å². The maximum atomic E-state index is 12.0. The number of carbonyl (C=O) groups excluding carboxylic acids is 1. The molecule has 0 spiro atoms. The van der Waals surface area contributed by atoms with Gasteiger partial charge in [0.15, 0.2) is 0 Å². The number of carbonyl (C=O) groups is 1. The lowest BCUT2D eigenvalue weighted by Gasteiger charge is -2.33. The first kappa shape index (κ1) is 14.0. The molecule has 0 aliphatic carbocycles. The number of nitrogens with one attached hydrogen (secondary N) is 2. The molecule has 1 aliphatic rings. The molecule has 0 bridgehead atoms. The Labute approximate surface area is 115 Å². The van der Waals surface area contributed by atoms with Crippen molar-refractivity contribution >= 4 is 11.6 Å². The molecule has 1 heterocycles. The van der Waals surface area contributed by atoms with Crippen molar-refractivity contribution in [3.63, 3.8) is 0 Å². The highest BCUT2D eigenvalue weighted by Gasteiger charge is 2.32. The Morgan fingerprint density at radius 2 is 2.05 bits per heavy atom. The number of nitrogens with zero attached hydrogens (tertiary/aromatic N) is 1. The number of likely N-dealkylation sites (N-methyl/N-ethyl adjacent to an activating group) is 1. The molecule has 0 saturated carbocycles. The van der Waals surface area contributed by atoms with Crippen molar-refractivity contribution in [2.24, 2.45) is 0 Å². The number of anilines is 1. The van der Waals surface area contributed by atoms with Crippen LogP contribution in [-0.2, 0) is 4.79 Å². The molecule has 0 radical (unpaired) electrons. The molecule has 1 aliphatic heterocycles. The lowest BCUT2D eigenvalue weighted by atomic mass is 10.0. The fourth-order valence-electron chi connectivity index (χ4n) is 2.09. The summed E-state index contributed by atoms with van der Waals surface area (Å²) in [7, 11) is 4.10. The Morgan fingerprint density at radius 3 is 2.68 bits per heavy atom. The zero-order valence-corrected chi connectivity index (χ0v) is 12.4. The van der Waals surface area contributed by atoms with Crippen LogP contribution >= 0.6 is 0 Å². The highest BCUT2D eigenvalue weighted by Crippen LogP contribution is 2.31. The van der Waals surface area contributed by atoms with Gasteiger partial charge in [0.25, 0.3) is 0 Å². The minimum atomic E-state index is -0.242. The van der Waals surface area contributed by atoms with E-state index in [4.69, 9.17) is 0 Å². The van der Waals surface area contributed by atoms with E-state index in [2.05, 4.69) is 49.5 Å². The third kappa shape index (κ3) is 2.80. The van der Waals surface area contributed by atoms with Gasteiger partial charge in [0.2, 0.25) is 5.91 Å². The van der Waals surface area contributed by atoms with E-state index in [1.54, 1.807) is 0 Å². The van der Waals surface area contributed by atoms with Crippen molar-refractivity contribution in [3.05, 3.63) is 29.3 Å². The van der Waals surface area contributed by atoms with Crippen LogP contribution in [-0.4, -0.2) is 37.0 Å². The number of hydrogen-bond donors (Lipinski definition) is 2. The number of rotatable bonds is 4. The summed E-state index contributed by atoms with van der Waals surface area (Å²) in [5.74, 6) is 0.0372. The van der Waals surface area contributed by atoms with Gasteiger partial charge in [0.1, 0.15) is 6.04 Å². The summed E-state index contributed by atoms with van der Waals surface area (Å²) in [6.07, 6.45) is 0. The van der Waals surface area contributed by atoms with Crippen LogP contribution in [0.2, 0.25) is 0 Å². The first-order valence-corrected chi connectivity index (χ1v) is 6.63. The topological polar surface area (TPSA) is 44.4 Å². The van der Waals surface area contributed by atoms with E-state index in [1.165, 1.54) is 5.56 Å². The standard InChI is InChI=1S/C15H23N3O/c1-10-6-7-12-11(8-10)13(14(19)17-12)16-9-15(2,3)18(4)5/h6-8,13,16H,9H2,1-5H3,(H,17,19). The van der Waals surface area contributed by atoms with Crippen molar-refractivity contribution in [1.29, 1.82) is 0 Å². The molecular formula is C15H23N3O. The third-order valence-corrected chi connectivity index (χ3v) is 3.99. The summed E-state index contributed by atoms with van der Waals surface area (Å²) in [5, 5.41) is 6.31. The molecule has 1 unspecified atom stereocenters. The largest absolute Gasteiger partial charge is 0.324 e. The van der Waals surface area contributed by atoms with Crippen molar-refractivity contribution in [1.82, 2.24) is 10.2 Å². The molecule has 0 aromatic heterocycles. The first-order chi connectivity index (χ1) is 8.81. The average molecular weight is 261 g/mol. The Kier molecular flexibility index (Phi) is 3.65.